The van der Waals surface area contributed by atoms with Crippen LogP contribution in [0.25, 0.3) is 55.3 Å². The van der Waals surface area contributed by atoms with E-state index in [1.165, 1.54) is 22.3 Å². The van der Waals surface area contributed by atoms with Crippen molar-refractivity contribution in [1.82, 2.24) is 0 Å². The summed E-state index contributed by atoms with van der Waals surface area (Å²) >= 11 is 0. The molecule has 0 saturated carbocycles. The summed E-state index contributed by atoms with van der Waals surface area (Å²) in [6.07, 6.45) is 0. The van der Waals surface area contributed by atoms with Crippen molar-refractivity contribution in [3.8, 4) is 33.4 Å². The molecule has 40 heavy (non-hydrogen) atoms. The van der Waals surface area contributed by atoms with Crippen molar-refractivity contribution >= 4 is 34.5 Å². The molecule has 0 aliphatic carbocycles. The number of hydrogen-bond donors (Lipinski definition) is 0. The number of furan rings is 1. The minimum Gasteiger partial charge on any atom is -0.456 e. The second-order valence-electron chi connectivity index (χ2n) is 11.6. The average Bonchev–Trinajstić information content (AvgIpc) is 3.45. The Balaban J connectivity index is 1.30. The van der Waals surface area contributed by atoms with Crippen LogP contribution < -0.4 is 5.46 Å². The third-order valence-corrected chi connectivity index (χ3v) is 8.53. The molecule has 2 heterocycles. The van der Waals surface area contributed by atoms with Crippen molar-refractivity contribution in [2.24, 2.45) is 0 Å². The molecular formula is C36H31BO3. The fraction of sp³-hybridized carbons (Fsp3) is 0.167. The van der Waals surface area contributed by atoms with Crippen LogP contribution in [0.2, 0.25) is 0 Å². The molecule has 0 amide bonds. The fourth-order valence-corrected chi connectivity index (χ4v) is 5.59. The van der Waals surface area contributed by atoms with Crippen LogP contribution in [0.4, 0.5) is 0 Å². The summed E-state index contributed by atoms with van der Waals surface area (Å²) in [6.45, 7) is 8.34. The molecule has 0 radical (unpaired) electrons. The summed E-state index contributed by atoms with van der Waals surface area (Å²) in [5.41, 5.74) is 8.98. The quantitative estimate of drug-likeness (QED) is 0.217. The van der Waals surface area contributed by atoms with Gasteiger partial charge in [0.1, 0.15) is 11.2 Å². The maximum Gasteiger partial charge on any atom is 0.495 e. The van der Waals surface area contributed by atoms with Gasteiger partial charge in [0.15, 0.2) is 0 Å². The van der Waals surface area contributed by atoms with Crippen molar-refractivity contribution < 1.29 is 13.7 Å². The molecule has 6 aromatic rings. The molecule has 0 N–H and O–H groups in total. The van der Waals surface area contributed by atoms with Gasteiger partial charge in [-0.05, 0) is 96.9 Å². The predicted molar refractivity (Wildman–Crippen MR) is 166 cm³/mol. The lowest BCUT2D eigenvalue weighted by Gasteiger charge is -2.32. The van der Waals surface area contributed by atoms with E-state index in [1.54, 1.807) is 0 Å². The van der Waals surface area contributed by atoms with E-state index < -0.39 is 18.3 Å². The van der Waals surface area contributed by atoms with Crippen LogP contribution in [0.1, 0.15) is 27.7 Å². The first-order chi connectivity index (χ1) is 19.3. The summed E-state index contributed by atoms with van der Waals surface area (Å²) < 4.78 is 19.2. The lowest BCUT2D eigenvalue weighted by atomic mass is 9.76. The Morgan fingerprint density at radius 3 is 1.62 bits per heavy atom. The molecule has 1 aliphatic heterocycles. The van der Waals surface area contributed by atoms with E-state index in [-0.39, 0.29) is 0 Å². The van der Waals surface area contributed by atoms with Crippen LogP contribution >= 0.6 is 0 Å². The lowest BCUT2D eigenvalue weighted by Crippen LogP contribution is -2.41. The second kappa shape index (κ2) is 9.23. The van der Waals surface area contributed by atoms with Gasteiger partial charge in [0.2, 0.25) is 0 Å². The molecule has 5 aromatic carbocycles. The van der Waals surface area contributed by atoms with Gasteiger partial charge in [-0.3, -0.25) is 0 Å². The van der Waals surface area contributed by atoms with Crippen molar-refractivity contribution in [3.63, 3.8) is 0 Å². The zero-order valence-electron chi connectivity index (χ0n) is 23.3. The number of fused-ring (bicyclic) bond motifs is 3. The molecule has 1 fully saturated rings. The Morgan fingerprint density at radius 1 is 0.475 bits per heavy atom. The van der Waals surface area contributed by atoms with Crippen LogP contribution in [-0.4, -0.2) is 18.3 Å². The van der Waals surface area contributed by atoms with Gasteiger partial charge in [0.25, 0.3) is 0 Å². The van der Waals surface area contributed by atoms with Crippen molar-refractivity contribution in [2.75, 3.05) is 0 Å². The van der Waals surface area contributed by atoms with E-state index in [1.807, 2.05) is 12.1 Å². The molecule has 4 heteroatoms. The highest BCUT2D eigenvalue weighted by atomic mass is 16.7. The smallest absolute Gasteiger partial charge is 0.456 e. The highest BCUT2D eigenvalue weighted by molar-refractivity contribution is 6.66. The zero-order valence-corrected chi connectivity index (χ0v) is 23.3. The second-order valence-corrected chi connectivity index (χ2v) is 11.6. The monoisotopic (exact) mass is 522 g/mol. The van der Waals surface area contributed by atoms with Crippen molar-refractivity contribution in [1.29, 1.82) is 0 Å². The third-order valence-electron chi connectivity index (χ3n) is 8.53. The van der Waals surface area contributed by atoms with Crippen LogP contribution in [0.15, 0.2) is 120 Å². The van der Waals surface area contributed by atoms with Crippen LogP contribution in [0.3, 0.4) is 0 Å². The first-order valence-corrected chi connectivity index (χ1v) is 13.9. The van der Waals surface area contributed by atoms with E-state index >= 15 is 0 Å². The standard InChI is InChI=1S/C36H31BO3/c1-35(2)36(3,4)40-37(39-35)31-17-10-18-33-34(31)30-23-29(19-20-32(30)38-33)28-16-9-15-27(22-28)26-14-8-13-25(21-26)24-11-6-5-7-12-24/h5-23H,1-4H3. The van der Waals surface area contributed by atoms with Crippen LogP contribution in [0, 0.1) is 0 Å². The molecule has 0 atom stereocenters. The van der Waals surface area contributed by atoms with Crippen molar-refractivity contribution in [2.45, 2.75) is 38.9 Å². The lowest BCUT2D eigenvalue weighted by molar-refractivity contribution is 0.00578. The normalized spacial score (nSPS) is 16.1. The van der Waals surface area contributed by atoms with Gasteiger partial charge in [0, 0.05) is 10.8 Å². The molecule has 1 aromatic heterocycles. The topological polar surface area (TPSA) is 31.6 Å². The molecule has 0 spiro atoms. The average molecular weight is 522 g/mol. The summed E-state index contributed by atoms with van der Waals surface area (Å²) in [6, 6.07) is 40.6. The van der Waals surface area contributed by atoms with E-state index in [0.29, 0.717) is 0 Å². The van der Waals surface area contributed by atoms with Crippen LogP contribution in [0.5, 0.6) is 0 Å². The molecule has 0 unspecified atom stereocenters. The Morgan fingerprint density at radius 2 is 1.00 bits per heavy atom. The molecule has 3 nitrogen and oxygen atoms in total. The Labute approximate surface area is 235 Å². The Bertz CT molecular complexity index is 1850. The van der Waals surface area contributed by atoms with Gasteiger partial charge >= 0.3 is 7.12 Å². The Hall–Kier alpha value is -4.12. The molecular weight excluding hydrogens is 491 g/mol. The SMILES string of the molecule is CC1(C)OB(c2cccc3oc4ccc(-c5cccc(-c6cccc(-c7ccccc7)c6)c5)cc4c23)OC1(C)C. The molecule has 196 valence electrons. The largest absolute Gasteiger partial charge is 0.495 e. The van der Waals surface area contributed by atoms with E-state index in [0.717, 1.165) is 38.5 Å². The predicted octanol–water partition coefficient (Wildman–Crippen LogP) is 8.89. The zero-order chi connectivity index (χ0) is 27.5. The molecule has 0 bridgehead atoms. The minimum absolute atomic E-state index is 0.414. The van der Waals surface area contributed by atoms with Gasteiger partial charge in [-0.2, -0.15) is 0 Å². The number of benzene rings is 5. The molecule has 1 saturated heterocycles. The summed E-state index contributed by atoms with van der Waals surface area (Å²) in [5, 5.41) is 2.11. The van der Waals surface area contributed by atoms with Crippen molar-refractivity contribution in [3.05, 3.63) is 115 Å². The Kier molecular flexibility index (Phi) is 5.74. The van der Waals surface area contributed by atoms with E-state index in [4.69, 9.17) is 13.7 Å². The van der Waals surface area contributed by atoms with Gasteiger partial charge in [-0.1, -0.05) is 84.9 Å². The third kappa shape index (κ3) is 4.16. The summed E-state index contributed by atoms with van der Waals surface area (Å²) in [4.78, 5) is 0. The van der Waals surface area contributed by atoms with Crippen LogP contribution in [-0.2, 0) is 9.31 Å². The minimum atomic E-state index is -0.460. The summed E-state index contributed by atoms with van der Waals surface area (Å²) in [5.74, 6) is 0. The first kappa shape index (κ1) is 24.9. The van der Waals surface area contributed by atoms with E-state index in [2.05, 4.69) is 131 Å². The fourth-order valence-electron chi connectivity index (χ4n) is 5.59. The maximum absolute atomic E-state index is 6.43. The van der Waals surface area contributed by atoms with Gasteiger partial charge in [-0.25, -0.2) is 0 Å². The van der Waals surface area contributed by atoms with E-state index in [9.17, 15) is 0 Å². The number of rotatable bonds is 4. The number of hydrogen-bond acceptors (Lipinski definition) is 3. The highest BCUT2D eigenvalue weighted by Gasteiger charge is 2.52. The maximum atomic E-state index is 6.43. The van der Waals surface area contributed by atoms with Gasteiger partial charge in [0.05, 0.1) is 11.2 Å². The van der Waals surface area contributed by atoms with Gasteiger partial charge < -0.3 is 13.7 Å². The molecule has 1 aliphatic rings. The molecule has 7 rings (SSSR count). The summed E-state index contributed by atoms with van der Waals surface area (Å²) in [7, 11) is -0.460. The van der Waals surface area contributed by atoms with Gasteiger partial charge in [-0.15, -0.1) is 0 Å². The first-order valence-electron chi connectivity index (χ1n) is 13.9. The highest BCUT2D eigenvalue weighted by Crippen LogP contribution is 2.39.